The standard InChI is InChI=1S/C22H21ClFN7O2/c1-14-3-2-4-17(23)19(14)28-21(32)15-5-6-25-16(11-15)12-27-30-22-26-13-18(24)20(29-22)31-7-9-33-10-8-31/h2-6,11-13H,7-10H2,1H3,(H,28,32)(H,26,29,30)/b27-12+. The van der Waals surface area contributed by atoms with E-state index in [1.807, 2.05) is 19.1 Å². The molecule has 1 saturated heterocycles. The van der Waals surface area contributed by atoms with Crippen LogP contribution in [0.5, 0.6) is 0 Å². The number of benzene rings is 1. The molecule has 0 saturated carbocycles. The third-order valence-electron chi connectivity index (χ3n) is 4.90. The summed E-state index contributed by atoms with van der Waals surface area (Å²) < 4.78 is 19.4. The quantitative estimate of drug-likeness (QED) is 0.420. The van der Waals surface area contributed by atoms with E-state index in [9.17, 15) is 9.18 Å². The van der Waals surface area contributed by atoms with E-state index in [1.165, 1.54) is 12.4 Å². The fourth-order valence-corrected chi connectivity index (χ4v) is 3.47. The zero-order valence-corrected chi connectivity index (χ0v) is 18.5. The van der Waals surface area contributed by atoms with E-state index in [0.717, 1.165) is 11.8 Å². The molecule has 0 aliphatic carbocycles. The van der Waals surface area contributed by atoms with Crippen LogP contribution >= 0.6 is 11.6 Å². The number of aromatic nitrogens is 3. The van der Waals surface area contributed by atoms with Crippen molar-refractivity contribution in [3.63, 3.8) is 0 Å². The first-order valence-electron chi connectivity index (χ1n) is 10.2. The zero-order chi connectivity index (χ0) is 23.2. The fraction of sp³-hybridized carbons (Fsp3) is 0.227. The summed E-state index contributed by atoms with van der Waals surface area (Å²) in [5.74, 6) is -0.510. The lowest BCUT2D eigenvalue weighted by atomic mass is 10.1. The SMILES string of the molecule is Cc1cccc(Cl)c1NC(=O)c1ccnc(/C=N/Nc2ncc(F)c(N3CCOCC3)n2)c1. The summed E-state index contributed by atoms with van der Waals surface area (Å²) in [6, 6.07) is 8.56. The van der Waals surface area contributed by atoms with Crippen LogP contribution in [0, 0.1) is 12.7 Å². The second-order valence-corrected chi connectivity index (χ2v) is 7.60. The van der Waals surface area contributed by atoms with Crippen molar-refractivity contribution in [3.05, 3.63) is 70.4 Å². The van der Waals surface area contributed by atoms with Crippen LogP contribution in [0.3, 0.4) is 0 Å². The number of hydrogen-bond acceptors (Lipinski definition) is 8. The normalized spacial score (nSPS) is 13.8. The van der Waals surface area contributed by atoms with Crippen molar-refractivity contribution >= 4 is 41.2 Å². The number of amides is 1. The molecule has 0 spiro atoms. The second-order valence-electron chi connectivity index (χ2n) is 7.19. The number of para-hydroxylation sites is 1. The van der Waals surface area contributed by atoms with Crippen LogP contribution in [-0.4, -0.2) is 53.4 Å². The van der Waals surface area contributed by atoms with E-state index >= 15 is 0 Å². The van der Waals surface area contributed by atoms with Gasteiger partial charge in [-0.25, -0.2) is 14.8 Å². The molecule has 170 valence electrons. The summed E-state index contributed by atoms with van der Waals surface area (Å²) in [6.07, 6.45) is 4.01. The molecule has 2 aromatic heterocycles. The Bertz CT molecular complexity index is 1160. The largest absolute Gasteiger partial charge is 0.378 e. The van der Waals surface area contributed by atoms with Crippen LogP contribution in [0.2, 0.25) is 5.02 Å². The molecule has 1 aliphatic heterocycles. The first kappa shape index (κ1) is 22.6. The number of halogens is 2. The third-order valence-corrected chi connectivity index (χ3v) is 5.22. The second kappa shape index (κ2) is 10.3. The maximum Gasteiger partial charge on any atom is 0.255 e. The van der Waals surface area contributed by atoms with Gasteiger partial charge in [0, 0.05) is 24.8 Å². The van der Waals surface area contributed by atoms with Crippen molar-refractivity contribution in [2.45, 2.75) is 6.92 Å². The Kier molecular flexibility index (Phi) is 7.06. The number of morpholine rings is 1. The van der Waals surface area contributed by atoms with Gasteiger partial charge in [0.25, 0.3) is 5.91 Å². The predicted octanol–water partition coefficient (Wildman–Crippen LogP) is 3.51. The highest BCUT2D eigenvalue weighted by Gasteiger charge is 2.17. The number of carbonyl (C=O) groups excluding carboxylic acids is 1. The van der Waals surface area contributed by atoms with E-state index in [0.29, 0.717) is 48.3 Å². The average molecular weight is 470 g/mol. The third kappa shape index (κ3) is 5.60. The van der Waals surface area contributed by atoms with Crippen LogP contribution in [0.1, 0.15) is 21.6 Å². The molecule has 0 unspecified atom stereocenters. The van der Waals surface area contributed by atoms with E-state index in [1.54, 1.807) is 23.1 Å². The van der Waals surface area contributed by atoms with Gasteiger partial charge < -0.3 is 15.0 Å². The van der Waals surface area contributed by atoms with E-state index < -0.39 is 5.82 Å². The fourth-order valence-electron chi connectivity index (χ4n) is 3.20. The van der Waals surface area contributed by atoms with Gasteiger partial charge in [0.2, 0.25) is 5.95 Å². The number of carbonyl (C=O) groups is 1. The Morgan fingerprint density at radius 2 is 2.09 bits per heavy atom. The Morgan fingerprint density at radius 1 is 1.27 bits per heavy atom. The Morgan fingerprint density at radius 3 is 2.88 bits per heavy atom. The van der Waals surface area contributed by atoms with Gasteiger partial charge in [-0.2, -0.15) is 10.1 Å². The van der Waals surface area contributed by atoms with Crippen LogP contribution in [-0.2, 0) is 4.74 Å². The van der Waals surface area contributed by atoms with Crippen molar-refractivity contribution in [3.8, 4) is 0 Å². The number of rotatable bonds is 6. The van der Waals surface area contributed by atoms with Crippen LogP contribution in [0.4, 0.5) is 21.8 Å². The zero-order valence-electron chi connectivity index (χ0n) is 17.8. The molecule has 1 aromatic carbocycles. The molecule has 0 atom stereocenters. The Hall–Kier alpha value is -3.63. The van der Waals surface area contributed by atoms with Gasteiger partial charge in [-0.3, -0.25) is 9.78 Å². The van der Waals surface area contributed by atoms with Gasteiger partial charge in [0.1, 0.15) is 0 Å². The first-order chi connectivity index (χ1) is 16.0. The van der Waals surface area contributed by atoms with Gasteiger partial charge in [-0.05, 0) is 30.7 Å². The summed E-state index contributed by atoms with van der Waals surface area (Å²) >= 11 is 6.19. The van der Waals surface area contributed by atoms with Crippen LogP contribution in [0.25, 0.3) is 0 Å². The molecule has 4 rings (SSSR count). The molecular weight excluding hydrogens is 449 g/mol. The smallest absolute Gasteiger partial charge is 0.255 e. The number of pyridine rings is 1. The topological polar surface area (TPSA) is 105 Å². The number of hydrazone groups is 1. The molecular formula is C22H21ClFN7O2. The average Bonchev–Trinajstić information content (AvgIpc) is 2.83. The number of ether oxygens (including phenoxy) is 1. The highest BCUT2D eigenvalue weighted by Crippen LogP contribution is 2.25. The van der Waals surface area contributed by atoms with E-state index in [2.05, 4.69) is 30.8 Å². The number of anilines is 3. The van der Waals surface area contributed by atoms with Crippen molar-refractivity contribution < 1.29 is 13.9 Å². The maximum atomic E-state index is 14.1. The van der Waals surface area contributed by atoms with Gasteiger partial charge >= 0.3 is 0 Å². The minimum Gasteiger partial charge on any atom is -0.378 e. The number of nitrogens with zero attached hydrogens (tertiary/aromatic N) is 5. The van der Waals surface area contributed by atoms with Gasteiger partial charge in [-0.1, -0.05) is 23.7 Å². The lowest BCUT2D eigenvalue weighted by Crippen LogP contribution is -2.37. The molecule has 11 heteroatoms. The Balaban J connectivity index is 1.43. The van der Waals surface area contributed by atoms with Crippen molar-refractivity contribution in [2.24, 2.45) is 5.10 Å². The summed E-state index contributed by atoms with van der Waals surface area (Å²) in [6.45, 7) is 3.97. The van der Waals surface area contributed by atoms with Crippen molar-refractivity contribution in [2.75, 3.05) is 41.9 Å². The number of aryl methyl sites for hydroxylation is 1. The molecule has 1 aliphatic rings. The van der Waals surface area contributed by atoms with E-state index in [-0.39, 0.29) is 17.7 Å². The Labute approximate surface area is 194 Å². The summed E-state index contributed by atoms with van der Waals surface area (Å²) in [5.41, 5.74) is 4.90. The predicted molar refractivity (Wildman–Crippen MR) is 125 cm³/mol. The molecule has 1 amide bonds. The minimum absolute atomic E-state index is 0.136. The molecule has 3 heterocycles. The van der Waals surface area contributed by atoms with Crippen molar-refractivity contribution in [1.29, 1.82) is 0 Å². The highest BCUT2D eigenvalue weighted by molar-refractivity contribution is 6.34. The lowest BCUT2D eigenvalue weighted by molar-refractivity contribution is 0.102. The van der Waals surface area contributed by atoms with Gasteiger partial charge in [0.05, 0.1) is 42.0 Å². The van der Waals surface area contributed by atoms with Crippen molar-refractivity contribution in [1.82, 2.24) is 15.0 Å². The molecule has 1 fully saturated rings. The van der Waals surface area contributed by atoms with Gasteiger partial charge in [0.15, 0.2) is 11.6 Å². The van der Waals surface area contributed by atoms with E-state index in [4.69, 9.17) is 16.3 Å². The monoisotopic (exact) mass is 469 g/mol. The minimum atomic E-state index is -0.513. The lowest BCUT2D eigenvalue weighted by Gasteiger charge is -2.27. The van der Waals surface area contributed by atoms with Crippen LogP contribution in [0.15, 0.2) is 47.8 Å². The maximum absolute atomic E-state index is 14.1. The first-order valence-corrected chi connectivity index (χ1v) is 10.6. The molecule has 0 radical (unpaired) electrons. The summed E-state index contributed by atoms with van der Waals surface area (Å²) in [7, 11) is 0. The summed E-state index contributed by atoms with van der Waals surface area (Å²) in [5, 5.41) is 7.34. The molecule has 9 nitrogen and oxygen atoms in total. The molecule has 3 aromatic rings. The molecule has 2 N–H and O–H groups in total. The molecule has 0 bridgehead atoms. The molecule has 33 heavy (non-hydrogen) atoms. The number of nitrogens with one attached hydrogen (secondary N) is 2. The van der Waals surface area contributed by atoms with Crippen LogP contribution < -0.4 is 15.6 Å². The summed E-state index contributed by atoms with van der Waals surface area (Å²) in [4.78, 5) is 26.7. The number of hydrogen-bond donors (Lipinski definition) is 2. The van der Waals surface area contributed by atoms with Gasteiger partial charge in [-0.15, -0.1) is 0 Å². The highest BCUT2D eigenvalue weighted by atomic mass is 35.5.